The number of carbonyl (C=O) groups excluding carboxylic acids is 1. The van der Waals surface area contributed by atoms with Gasteiger partial charge in [0.2, 0.25) is 0 Å². The Morgan fingerprint density at radius 2 is 1.91 bits per heavy atom. The van der Waals surface area contributed by atoms with Gasteiger partial charge in [-0.15, -0.1) is 11.8 Å². The fraction of sp³-hybridized carbons (Fsp3) is 0.529. The zero-order chi connectivity index (χ0) is 16.3. The van der Waals surface area contributed by atoms with Gasteiger partial charge in [0.25, 0.3) is 5.91 Å². The van der Waals surface area contributed by atoms with E-state index in [1.165, 1.54) is 11.8 Å². The largest absolute Gasteiger partial charge is 0.480 e. The second kappa shape index (κ2) is 6.73. The third-order valence-corrected chi connectivity index (χ3v) is 5.67. The van der Waals surface area contributed by atoms with Crippen LogP contribution in [0.5, 0.6) is 0 Å². The molecule has 1 aliphatic rings. The van der Waals surface area contributed by atoms with Gasteiger partial charge in [0.05, 0.1) is 5.56 Å². The van der Waals surface area contributed by atoms with E-state index in [4.69, 9.17) is 5.11 Å². The van der Waals surface area contributed by atoms with Crippen molar-refractivity contribution in [2.75, 3.05) is 6.54 Å². The zero-order valence-electron chi connectivity index (χ0n) is 13.3. The Balaban J connectivity index is 2.05. The number of amides is 1. The number of rotatable bonds is 7. The molecule has 1 aromatic carbocycles. The number of benzene rings is 1. The molecule has 2 N–H and O–H groups in total. The molecule has 0 spiro atoms. The summed E-state index contributed by atoms with van der Waals surface area (Å²) < 4.78 is 0. The molecule has 0 aliphatic heterocycles. The quantitative estimate of drug-likeness (QED) is 0.755. The maximum absolute atomic E-state index is 12.4. The second-order valence-electron chi connectivity index (χ2n) is 6.29. The van der Waals surface area contributed by atoms with E-state index in [1.54, 1.807) is 25.1 Å². The topological polar surface area (TPSA) is 66.4 Å². The van der Waals surface area contributed by atoms with Crippen molar-refractivity contribution in [3.8, 4) is 0 Å². The number of carboxylic acids is 1. The van der Waals surface area contributed by atoms with Crippen LogP contribution in [0.25, 0.3) is 0 Å². The third kappa shape index (κ3) is 3.83. The van der Waals surface area contributed by atoms with Crippen LogP contribution in [-0.4, -0.2) is 28.8 Å². The van der Waals surface area contributed by atoms with Crippen LogP contribution in [0.2, 0.25) is 0 Å². The molecule has 5 heteroatoms. The number of carbonyl (C=O) groups is 2. The average molecular weight is 321 g/mol. The van der Waals surface area contributed by atoms with E-state index in [1.807, 2.05) is 6.07 Å². The molecular formula is C17H23NO3S. The van der Waals surface area contributed by atoms with Crippen molar-refractivity contribution in [1.29, 1.82) is 0 Å². The van der Waals surface area contributed by atoms with Crippen molar-refractivity contribution in [3.63, 3.8) is 0 Å². The van der Waals surface area contributed by atoms with Crippen LogP contribution in [0.3, 0.4) is 0 Å². The minimum absolute atomic E-state index is 0.118. The van der Waals surface area contributed by atoms with Gasteiger partial charge >= 0.3 is 5.97 Å². The molecule has 1 amide bonds. The Morgan fingerprint density at radius 1 is 1.27 bits per heavy atom. The highest BCUT2D eigenvalue weighted by molar-refractivity contribution is 8.00. The van der Waals surface area contributed by atoms with Gasteiger partial charge in [-0.1, -0.05) is 26.0 Å². The molecular weight excluding hydrogens is 298 g/mol. The molecule has 120 valence electrons. The van der Waals surface area contributed by atoms with E-state index < -0.39 is 11.2 Å². The molecule has 1 saturated carbocycles. The first-order valence-corrected chi connectivity index (χ1v) is 8.50. The number of carboxylic acid groups (broad SMARTS) is 1. The Kier molecular flexibility index (Phi) is 5.16. The molecule has 1 aliphatic carbocycles. The summed E-state index contributed by atoms with van der Waals surface area (Å²) in [6, 6.07) is 7.18. The van der Waals surface area contributed by atoms with E-state index in [0.717, 1.165) is 12.8 Å². The highest BCUT2D eigenvalue weighted by Crippen LogP contribution is 2.51. The van der Waals surface area contributed by atoms with Gasteiger partial charge in [-0.3, -0.25) is 9.59 Å². The summed E-state index contributed by atoms with van der Waals surface area (Å²) in [7, 11) is 0. The van der Waals surface area contributed by atoms with Crippen LogP contribution in [0.4, 0.5) is 0 Å². The smallest absolute Gasteiger partial charge is 0.316 e. The average Bonchev–Trinajstić information content (AvgIpc) is 3.26. The minimum Gasteiger partial charge on any atom is -0.480 e. The maximum Gasteiger partial charge on any atom is 0.316 e. The first kappa shape index (κ1) is 16.9. The third-order valence-electron chi connectivity index (χ3n) is 4.50. The molecule has 4 nitrogen and oxygen atoms in total. The van der Waals surface area contributed by atoms with Crippen LogP contribution in [0.15, 0.2) is 29.2 Å². The number of aliphatic carboxylic acids is 1. The van der Waals surface area contributed by atoms with Gasteiger partial charge in [0.1, 0.15) is 5.25 Å². The molecule has 0 radical (unpaired) electrons. The van der Waals surface area contributed by atoms with Crippen LogP contribution in [0, 0.1) is 11.3 Å². The summed E-state index contributed by atoms with van der Waals surface area (Å²) in [5, 5.41) is 11.5. The van der Waals surface area contributed by atoms with Crippen molar-refractivity contribution in [2.24, 2.45) is 11.3 Å². The van der Waals surface area contributed by atoms with Gasteiger partial charge in [-0.25, -0.2) is 0 Å². The number of hydrogen-bond acceptors (Lipinski definition) is 3. The van der Waals surface area contributed by atoms with Crippen LogP contribution in [-0.2, 0) is 4.79 Å². The highest BCUT2D eigenvalue weighted by Gasteiger charge is 2.45. The SMILES string of the molecule is CC(Sc1ccccc1C(=O)NCC1(C(C)C)CC1)C(=O)O. The van der Waals surface area contributed by atoms with Crippen LogP contribution >= 0.6 is 11.8 Å². The predicted molar refractivity (Wildman–Crippen MR) is 88.2 cm³/mol. The molecule has 0 bridgehead atoms. The maximum atomic E-state index is 12.4. The van der Waals surface area contributed by atoms with Gasteiger partial charge < -0.3 is 10.4 Å². The zero-order valence-corrected chi connectivity index (χ0v) is 14.1. The molecule has 2 rings (SSSR count). The summed E-state index contributed by atoms with van der Waals surface area (Å²) in [4.78, 5) is 24.2. The van der Waals surface area contributed by atoms with Crippen molar-refractivity contribution in [1.82, 2.24) is 5.32 Å². The molecule has 0 aromatic heterocycles. The first-order chi connectivity index (χ1) is 10.4. The molecule has 1 atom stereocenters. The monoisotopic (exact) mass is 321 g/mol. The van der Waals surface area contributed by atoms with E-state index in [2.05, 4.69) is 19.2 Å². The van der Waals surface area contributed by atoms with Gasteiger partial charge in [0, 0.05) is 11.4 Å². The first-order valence-electron chi connectivity index (χ1n) is 7.62. The highest BCUT2D eigenvalue weighted by atomic mass is 32.2. The lowest BCUT2D eigenvalue weighted by Crippen LogP contribution is -2.32. The summed E-state index contributed by atoms with van der Waals surface area (Å²) in [6.45, 7) is 6.70. The number of hydrogen-bond donors (Lipinski definition) is 2. The van der Waals surface area contributed by atoms with Gasteiger partial charge in [-0.05, 0) is 43.2 Å². The fourth-order valence-electron chi connectivity index (χ4n) is 2.47. The predicted octanol–water partition coefficient (Wildman–Crippen LogP) is 3.42. The summed E-state index contributed by atoms with van der Waals surface area (Å²) in [6.07, 6.45) is 2.33. The normalized spacial score (nSPS) is 17.1. The van der Waals surface area contributed by atoms with Crippen LogP contribution < -0.4 is 5.32 Å². The van der Waals surface area contributed by atoms with Gasteiger partial charge in [0.15, 0.2) is 0 Å². The molecule has 1 fully saturated rings. The Labute approximate surface area is 135 Å². The number of nitrogens with one attached hydrogen (secondary N) is 1. The molecule has 1 unspecified atom stereocenters. The molecule has 1 aromatic rings. The second-order valence-corrected chi connectivity index (χ2v) is 7.68. The van der Waals surface area contributed by atoms with Crippen molar-refractivity contribution >= 4 is 23.6 Å². The summed E-state index contributed by atoms with van der Waals surface area (Å²) in [5.41, 5.74) is 0.812. The van der Waals surface area contributed by atoms with Gasteiger partial charge in [-0.2, -0.15) is 0 Å². The lowest BCUT2D eigenvalue weighted by atomic mass is 9.92. The number of thioether (sulfide) groups is 1. The molecule has 0 heterocycles. The van der Waals surface area contributed by atoms with E-state index >= 15 is 0 Å². The van der Waals surface area contributed by atoms with Crippen molar-refractivity contribution in [3.05, 3.63) is 29.8 Å². The molecule has 0 saturated heterocycles. The molecule has 22 heavy (non-hydrogen) atoms. The summed E-state index contributed by atoms with van der Waals surface area (Å²) >= 11 is 1.20. The Morgan fingerprint density at radius 3 is 2.45 bits per heavy atom. The Hall–Kier alpha value is -1.49. The van der Waals surface area contributed by atoms with E-state index in [9.17, 15) is 9.59 Å². The summed E-state index contributed by atoms with van der Waals surface area (Å²) in [5.74, 6) is -0.436. The van der Waals surface area contributed by atoms with Crippen LogP contribution in [0.1, 0.15) is 44.0 Å². The van der Waals surface area contributed by atoms with Crippen molar-refractivity contribution < 1.29 is 14.7 Å². The van der Waals surface area contributed by atoms with E-state index in [0.29, 0.717) is 22.9 Å². The van der Waals surface area contributed by atoms with Crippen molar-refractivity contribution in [2.45, 2.75) is 43.8 Å². The Bertz CT molecular complexity index is 567. The van der Waals surface area contributed by atoms with E-state index in [-0.39, 0.29) is 11.3 Å². The standard InChI is InChI=1S/C17H23NO3S/c1-11(2)17(8-9-17)10-18-15(19)13-6-4-5-7-14(13)22-12(3)16(20)21/h4-7,11-12H,8-10H2,1-3H3,(H,18,19)(H,20,21). The lowest BCUT2D eigenvalue weighted by Gasteiger charge is -2.20. The lowest BCUT2D eigenvalue weighted by molar-refractivity contribution is -0.136. The fourth-order valence-corrected chi connectivity index (χ4v) is 3.39. The minimum atomic E-state index is -0.878.